The highest BCUT2D eigenvalue weighted by atomic mass is 16.4. The Bertz CT molecular complexity index is 145. The number of rotatable bonds is 4. The average Bonchev–Trinajstić information content (AvgIpc) is 1.87. The van der Waals surface area contributed by atoms with Crippen LogP contribution in [0.2, 0.25) is 0 Å². The van der Waals surface area contributed by atoms with Crippen LogP contribution in [-0.4, -0.2) is 11.1 Å². The topological polar surface area (TPSA) is 37.3 Å². The average molecular weight is 140 g/mol. The minimum Gasteiger partial charge on any atom is -0.481 e. The lowest BCUT2D eigenvalue weighted by Gasteiger charge is -1.84. The SMILES string of the molecule is C/C=C\C=C\CCC(=O)O. The lowest BCUT2D eigenvalue weighted by molar-refractivity contribution is -0.136. The second-order valence-corrected chi connectivity index (χ2v) is 1.89. The molecule has 0 amide bonds. The molecule has 0 rings (SSSR count). The largest absolute Gasteiger partial charge is 0.481 e. The first-order chi connectivity index (χ1) is 4.77. The minimum absolute atomic E-state index is 0.216. The molecule has 0 fully saturated rings. The lowest BCUT2D eigenvalue weighted by atomic mass is 10.3. The van der Waals surface area contributed by atoms with Crippen LogP contribution in [0.4, 0.5) is 0 Å². The van der Waals surface area contributed by atoms with Crippen LogP contribution in [0.25, 0.3) is 0 Å². The molecular weight excluding hydrogens is 128 g/mol. The van der Waals surface area contributed by atoms with Crippen molar-refractivity contribution in [2.45, 2.75) is 19.8 Å². The van der Waals surface area contributed by atoms with Gasteiger partial charge in [0.25, 0.3) is 0 Å². The molecule has 0 unspecified atom stereocenters. The predicted molar refractivity (Wildman–Crippen MR) is 40.8 cm³/mol. The van der Waals surface area contributed by atoms with Crippen LogP contribution in [0.5, 0.6) is 0 Å². The fourth-order valence-electron chi connectivity index (χ4n) is 0.493. The van der Waals surface area contributed by atoms with Gasteiger partial charge in [-0.15, -0.1) is 0 Å². The Kier molecular flexibility index (Phi) is 5.44. The number of carbonyl (C=O) groups is 1. The molecule has 10 heavy (non-hydrogen) atoms. The Morgan fingerprint density at radius 2 is 2.20 bits per heavy atom. The highest BCUT2D eigenvalue weighted by Crippen LogP contribution is 1.90. The quantitative estimate of drug-likeness (QED) is 0.606. The van der Waals surface area contributed by atoms with Crippen LogP contribution in [-0.2, 0) is 4.79 Å². The van der Waals surface area contributed by atoms with E-state index in [4.69, 9.17) is 5.11 Å². The van der Waals surface area contributed by atoms with Crippen molar-refractivity contribution in [2.24, 2.45) is 0 Å². The van der Waals surface area contributed by atoms with Crippen molar-refractivity contribution < 1.29 is 9.90 Å². The fourth-order valence-corrected chi connectivity index (χ4v) is 0.493. The zero-order chi connectivity index (χ0) is 7.82. The summed E-state index contributed by atoms with van der Waals surface area (Å²) in [6.45, 7) is 1.92. The molecule has 0 aromatic heterocycles. The molecule has 0 bridgehead atoms. The van der Waals surface area contributed by atoms with Crippen molar-refractivity contribution in [3.8, 4) is 0 Å². The molecule has 0 aromatic carbocycles. The lowest BCUT2D eigenvalue weighted by Crippen LogP contribution is -1.91. The zero-order valence-corrected chi connectivity index (χ0v) is 6.08. The fraction of sp³-hybridized carbons (Fsp3) is 0.375. The van der Waals surface area contributed by atoms with Crippen molar-refractivity contribution in [1.82, 2.24) is 0 Å². The Morgan fingerprint density at radius 3 is 2.70 bits per heavy atom. The van der Waals surface area contributed by atoms with Gasteiger partial charge in [0, 0.05) is 6.42 Å². The molecule has 2 nitrogen and oxygen atoms in total. The summed E-state index contributed by atoms with van der Waals surface area (Å²) in [6.07, 6.45) is 8.30. The standard InChI is InChI=1S/C8H12O2/c1-2-3-4-5-6-7-8(9)10/h2-5H,6-7H2,1H3,(H,9,10)/b3-2-,5-4+. The first-order valence-corrected chi connectivity index (χ1v) is 3.27. The maximum Gasteiger partial charge on any atom is 0.303 e. The van der Waals surface area contributed by atoms with E-state index in [1.54, 1.807) is 0 Å². The number of carboxylic acid groups (broad SMARTS) is 1. The van der Waals surface area contributed by atoms with Gasteiger partial charge in [-0.2, -0.15) is 0 Å². The van der Waals surface area contributed by atoms with Gasteiger partial charge in [-0.3, -0.25) is 4.79 Å². The van der Waals surface area contributed by atoms with Crippen molar-refractivity contribution in [1.29, 1.82) is 0 Å². The first-order valence-electron chi connectivity index (χ1n) is 3.27. The normalized spacial score (nSPS) is 11.3. The van der Waals surface area contributed by atoms with E-state index in [0.29, 0.717) is 6.42 Å². The molecule has 0 heterocycles. The number of hydrogen-bond donors (Lipinski definition) is 1. The van der Waals surface area contributed by atoms with Gasteiger partial charge < -0.3 is 5.11 Å². The van der Waals surface area contributed by atoms with Crippen LogP contribution in [0, 0.1) is 0 Å². The highest BCUT2D eigenvalue weighted by Gasteiger charge is 1.90. The van der Waals surface area contributed by atoms with E-state index < -0.39 is 5.97 Å². The molecule has 0 aliphatic rings. The van der Waals surface area contributed by atoms with E-state index in [0.717, 1.165) is 0 Å². The summed E-state index contributed by atoms with van der Waals surface area (Å²) < 4.78 is 0. The van der Waals surface area contributed by atoms with Crippen LogP contribution < -0.4 is 0 Å². The summed E-state index contributed by atoms with van der Waals surface area (Å²) >= 11 is 0. The van der Waals surface area contributed by atoms with E-state index >= 15 is 0 Å². The molecule has 2 heteroatoms. The number of hydrogen-bond acceptors (Lipinski definition) is 1. The molecule has 0 radical (unpaired) electrons. The number of allylic oxidation sites excluding steroid dienone is 4. The summed E-state index contributed by atoms with van der Waals surface area (Å²) in [5.74, 6) is -0.745. The van der Waals surface area contributed by atoms with Gasteiger partial charge in [0.15, 0.2) is 0 Å². The van der Waals surface area contributed by atoms with E-state index in [1.807, 2.05) is 31.2 Å². The molecule has 56 valence electrons. The van der Waals surface area contributed by atoms with Crippen LogP contribution >= 0.6 is 0 Å². The third-order valence-electron chi connectivity index (χ3n) is 0.965. The van der Waals surface area contributed by atoms with Crippen LogP contribution in [0.3, 0.4) is 0 Å². The second kappa shape index (κ2) is 6.08. The minimum atomic E-state index is -0.745. The van der Waals surface area contributed by atoms with Crippen molar-refractivity contribution in [3.05, 3.63) is 24.3 Å². The summed E-state index contributed by atoms with van der Waals surface area (Å²) in [5, 5.41) is 8.22. The van der Waals surface area contributed by atoms with Gasteiger partial charge in [-0.25, -0.2) is 0 Å². The van der Waals surface area contributed by atoms with Gasteiger partial charge in [0.05, 0.1) is 0 Å². The Balaban J connectivity index is 3.27. The highest BCUT2D eigenvalue weighted by molar-refractivity contribution is 5.66. The Morgan fingerprint density at radius 1 is 1.50 bits per heavy atom. The third kappa shape index (κ3) is 6.95. The maximum absolute atomic E-state index is 9.98. The number of carboxylic acids is 1. The number of aliphatic carboxylic acids is 1. The summed E-state index contributed by atoms with van der Waals surface area (Å²) in [6, 6.07) is 0. The van der Waals surface area contributed by atoms with Gasteiger partial charge in [0.2, 0.25) is 0 Å². The van der Waals surface area contributed by atoms with Gasteiger partial charge in [-0.05, 0) is 13.3 Å². The van der Waals surface area contributed by atoms with Crippen molar-refractivity contribution in [2.75, 3.05) is 0 Å². The molecule has 0 saturated heterocycles. The van der Waals surface area contributed by atoms with Gasteiger partial charge in [0.1, 0.15) is 0 Å². The summed E-state index contributed by atoms with van der Waals surface area (Å²) in [5.41, 5.74) is 0. The molecule has 0 aliphatic carbocycles. The smallest absolute Gasteiger partial charge is 0.303 e. The summed E-state index contributed by atoms with van der Waals surface area (Å²) in [4.78, 5) is 9.98. The van der Waals surface area contributed by atoms with E-state index in [1.165, 1.54) is 0 Å². The second-order valence-electron chi connectivity index (χ2n) is 1.89. The maximum atomic E-state index is 9.98. The van der Waals surface area contributed by atoms with E-state index in [9.17, 15) is 4.79 Å². The van der Waals surface area contributed by atoms with Crippen LogP contribution in [0.1, 0.15) is 19.8 Å². The van der Waals surface area contributed by atoms with Gasteiger partial charge >= 0.3 is 5.97 Å². The first kappa shape index (κ1) is 8.95. The molecule has 1 N–H and O–H groups in total. The Hall–Kier alpha value is -1.05. The molecule has 0 atom stereocenters. The van der Waals surface area contributed by atoms with E-state index in [-0.39, 0.29) is 6.42 Å². The summed E-state index contributed by atoms with van der Waals surface area (Å²) in [7, 11) is 0. The molecule has 0 aliphatic heterocycles. The van der Waals surface area contributed by atoms with Gasteiger partial charge in [-0.1, -0.05) is 24.3 Å². The predicted octanol–water partition coefficient (Wildman–Crippen LogP) is 1.98. The monoisotopic (exact) mass is 140 g/mol. The molecular formula is C8H12O2. The van der Waals surface area contributed by atoms with Crippen molar-refractivity contribution in [3.63, 3.8) is 0 Å². The van der Waals surface area contributed by atoms with E-state index in [2.05, 4.69) is 0 Å². The molecule has 0 saturated carbocycles. The van der Waals surface area contributed by atoms with Crippen molar-refractivity contribution >= 4 is 5.97 Å². The van der Waals surface area contributed by atoms with Crippen LogP contribution in [0.15, 0.2) is 24.3 Å². The molecule has 0 aromatic rings. The zero-order valence-electron chi connectivity index (χ0n) is 6.08. The third-order valence-corrected chi connectivity index (χ3v) is 0.965. The molecule has 0 spiro atoms. The Labute approximate surface area is 60.9 Å².